The normalized spacial score (nSPS) is 10.4. The van der Waals surface area contributed by atoms with Crippen molar-refractivity contribution in [2.45, 2.75) is 13.5 Å². The van der Waals surface area contributed by atoms with Gasteiger partial charge in [-0.1, -0.05) is 27.1 Å². The maximum atomic E-state index is 5.37. The third kappa shape index (κ3) is 2.40. The van der Waals surface area contributed by atoms with E-state index in [2.05, 4.69) is 31.4 Å². The van der Waals surface area contributed by atoms with E-state index in [0.29, 0.717) is 11.9 Å². The Morgan fingerprint density at radius 2 is 2.25 bits per heavy atom. The maximum absolute atomic E-state index is 5.37. The van der Waals surface area contributed by atoms with Crippen LogP contribution in [0.5, 0.6) is 0 Å². The zero-order chi connectivity index (χ0) is 11.5. The second-order valence-corrected chi connectivity index (χ2v) is 4.15. The molecule has 6 heteroatoms. The molecule has 2 aromatic rings. The average Bonchev–Trinajstić information content (AvgIpc) is 2.71. The van der Waals surface area contributed by atoms with Crippen LogP contribution in [0.15, 0.2) is 27.1 Å². The summed E-state index contributed by atoms with van der Waals surface area (Å²) >= 11 is 3.45. The molecule has 0 radical (unpaired) electrons. The zero-order valence-corrected chi connectivity index (χ0v) is 10.3. The SMILES string of the molecule is Cc1ccc(Nc2nnc(CN)o2)cc1Br. The molecule has 5 nitrogen and oxygen atoms in total. The molecule has 0 saturated heterocycles. The van der Waals surface area contributed by atoms with E-state index in [-0.39, 0.29) is 6.54 Å². The molecule has 1 heterocycles. The summed E-state index contributed by atoms with van der Waals surface area (Å²) in [7, 11) is 0. The van der Waals surface area contributed by atoms with Crippen LogP contribution in [-0.2, 0) is 6.54 Å². The van der Waals surface area contributed by atoms with E-state index in [1.807, 2.05) is 25.1 Å². The van der Waals surface area contributed by atoms with Gasteiger partial charge in [-0.25, -0.2) is 0 Å². The van der Waals surface area contributed by atoms with Crippen molar-refractivity contribution in [1.29, 1.82) is 0 Å². The Hall–Kier alpha value is -1.40. The predicted molar refractivity (Wildman–Crippen MR) is 64.4 cm³/mol. The lowest BCUT2D eigenvalue weighted by molar-refractivity contribution is 0.511. The highest BCUT2D eigenvalue weighted by Gasteiger charge is 2.05. The van der Waals surface area contributed by atoms with Crippen molar-refractivity contribution in [3.63, 3.8) is 0 Å². The molecule has 0 atom stereocenters. The van der Waals surface area contributed by atoms with Crippen LogP contribution in [0.3, 0.4) is 0 Å². The van der Waals surface area contributed by atoms with Crippen LogP contribution in [0.4, 0.5) is 11.7 Å². The number of aryl methyl sites for hydroxylation is 1. The van der Waals surface area contributed by atoms with E-state index in [1.54, 1.807) is 0 Å². The molecule has 84 valence electrons. The van der Waals surface area contributed by atoms with Gasteiger partial charge in [0, 0.05) is 10.2 Å². The Balaban J connectivity index is 2.17. The molecule has 0 saturated carbocycles. The molecule has 0 amide bonds. The second-order valence-electron chi connectivity index (χ2n) is 3.29. The van der Waals surface area contributed by atoms with Crippen LogP contribution in [0, 0.1) is 6.92 Å². The van der Waals surface area contributed by atoms with E-state index in [1.165, 1.54) is 5.56 Å². The molecule has 1 aromatic carbocycles. The van der Waals surface area contributed by atoms with Gasteiger partial charge in [0.1, 0.15) is 0 Å². The molecule has 1 aromatic heterocycles. The molecule has 0 aliphatic heterocycles. The highest BCUT2D eigenvalue weighted by molar-refractivity contribution is 9.10. The molecular formula is C10H11BrN4O. The van der Waals surface area contributed by atoms with Crippen molar-refractivity contribution in [2.75, 3.05) is 5.32 Å². The smallest absolute Gasteiger partial charge is 0.320 e. The number of nitrogens with one attached hydrogen (secondary N) is 1. The van der Waals surface area contributed by atoms with Crippen molar-refractivity contribution in [1.82, 2.24) is 10.2 Å². The fourth-order valence-corrected chi connectivity index (χ4v) is 1.56. The number of aromatic nitrogens is 2. The first-order valence-electron chi connectivity index (χ1n) is 4.74. The fourth-order valence-electron chi connectivity index (χ4n) is 1.18. The van der Waals surface area contributed by atoms with E-state index in [4.69, 9.17) is 10.2 Å². The highest BCUT2D eigenvalue weighted by atomic mass is 79.9. The molecule has 0 fully saturated rings. The number of hydrogen-bond acceptors (Lipinski definition) is 5. The molecule has 2 rings (SSSR count). The van der Waals surface area contributed by atoms with Gasteiger partial charge in [0.15, 0.2) is 0 Å². The summed E-state index contributed by atoms with van der Waals surface area (Å²) in [6.07, 6.45) is 0. The van der Waals surface area contributed by atoms with Crippen molar-refractivity contribution < 1.29 is 4.42 Å². The Kier molecular flexibility index (Phi) is 3.21. The topological polar surface area (TPSA) is 77.0 Å². The summed E-state index contributed by atoms with van der Waals surface area (Å²) in [5.74, 6) is 0.411. The van der Waals surface area contributed by atoms with Crippen LogP contribution >= 0.6 is 15.9 Å². The first-order chi connectivity index (χ1) is 7.69. The molecule has 0 spiro atoms. The number of hydrogen-bond donors (Lipinski definition) is 2. The van der Waals surface area contributed by atoms with Gasteiger partial charge in [-0.05, 0) is 24.6 Å². The number of nitrogens with two attached hydrogens (primary N) is 1. The van der Waals surface area contributed by atoms with Crippen LogP contribution < -0.4 is 11.1 Å². The van der Waals surface area contributed by atoms with E-state index < -0.39 is 0 Å². The molecule has 0 bridgehead atoms. The Bertz CT molecular complexity index is 497. The summed E-state index contributed by atoms with van der Waals surface area (Å²) in [6, 6.07) is 6.22. The quantitative estimate of drug-likeness (QED) is 0.904. The number of anilines is 2. The lowest BCUT2D eigenvalue weighted by atomic mass is 10.2. The van der Waals surface area contributed by atoms with Crippen molar-refractivity contribution >= 4 is 27.6 Å². The van der Waals surface area contributed by atoms with Gasteiger partial charge >= 0.3 is 6.01 Å². The van der Waals surface area contributed by atoms with Crippen LogP contribution in [0.1, 0.15) is 11.5 Å². The number of benzene rings is 1. The Morgan fingerprint density at radius 3 is 2.88 bits per heavy atom. The molecule has 3 N–H and O–H groups in total. The van der Waals surface area contributed by atoms with Gasteiger partial charge in [-0.15, -0.1) is 5.10 Å². The largest absolute Gasteiger partial charge is 0.406 e. The third-order valence-electron chi connectivity index (χ3n) is 2.06. The summed E-state index contributed by atoms with van der Waals surface area (Å²) in [4.78, 5) is 0. The Labute approximate surface area is 101 Å². The minimum atomic E-state index is 0.242. The van der Waals surface area contributed by atoms with E-state index in [9.17, 15) is 0 Å². The number of halogens is 1. The summed E-state index contributed by atoms with van der Waals surface area (Å²) < 4.78 is 6.26. The maximum Gasteiger partial charge on any atom is 0.320 e. The Morgan fingerprint density at radius 1 is 1.44 bits per heavy atom. The van der Waals surface area contributed by atoms with Crippen molar-refractivity contribution in [3.8, 4) is 0 Å². The molecule has 0 aliphatic carbocycles. The molecule has 0 aliphatic rings. The third-order valence-corrected chi connectivity index (χ3v) is 2.92. The van der Waals surface area contributed by atoms with Crippen LogP contribution in [0.25, 0.3) is 0 Å². The van der Waals surface area contributed by atoms with Gasteiger partial charge in [0.25, 0.3) is 0 Å². The highest BCUT2D eigenvalue weighted by Crippen LogP contribution is 2.22. The van der Waals surface area contributed by atoms with Crippen LogP contribution in [0.2, 0.25) is 0 Å². The van der Waals surface area contributed by atoms with Gasteiger partial charge in [-0.2, -0.15) is 0 Å². The first kappa shape index (κ1) is 11.1. The summed E-state index contributed by atoms with van der Waals surface area (Å²) in [5, 5.41) is 10.6. The van der Waals surface area contributed by atoms with Gasteiger partial charge in [0.2, 0.25) is 5.89 Å². The van der Waals surface area contributed by atoms with Gasteiger partial charge < -0.3 is 15.5 Å². The average molecular weight is 283 g/mol. The monoisotopic (exact) mass is 282 g/mol. The lowest BCUT2D eigenvalue weighted by Crippen LogP contribution is -1.95. The summed E-state index contributed by atoms with van der Waals surface area (Å²) in [6.45, 7) is 2.26. The van der Waals surface area contributed by atoms with Gasteiger partial charge in [-0.3, -0.25) is 0 Å². The lowest BCUT2D eigenvalue weighted by Gasteiger charge is -2.03. The second kappa shape index (κ2) is 4.63. The van der Waals surface area contributed by atoms with E-state index >= 15 is 0 Å². The number of rotatable bonds is 3. The van der Waals surface area contributed by atoms with Crippen molar-refractivity contribution in [3.05, 3.63) is 34.1 Å². The van der Waals surface area contributed by atoms with E-state index in [0.717, 1.165) is 10.2 Å². The summed E-state index contributed by atoms with van der Waals surface area (Å²) in [5.41, 5.74) is 7.41. The first-order valence-corrected chi connectivity index (χ1v) is 5.54. The fraction of sp³-hybridized carbons (Fsp3) is 0.200. The molecule has 16 heavy (non-hydrogen) atoms. The zero-order valence-electron chi connectivity index (χ0n) is 8.70. The predicted octanol–water partition coefficient (Wildman–Crippen LogP) is 2.34. The van der Waals surface area contributed by atoms with Gasteiger partial charge in [0.05, 0.1) is 6.54 Å². The molecule has 0 unspecified atom stereocenters. The van der Waals surface area contributed by atoms with Crippen LogP contribution in [-0.4, -0.2) is 10.2 Å². The number of nitrogens with zero attached hydrogens (tertiary/aromatic N) is 2. The standard InChI is InChI=1S/C10H11BrN4O/c1-6-2-3-7(4-8(6)11)13-10-15-14-9(5-12)16-10/h2-4H,5,12H2,1H3,(H,13,15). The molecular weight excluding hydrogens is 272 g/mol. The minimum absolute atomic E-state index is 0.242. The minimum Gasteiger partial charge on any atom is -0.406 e. The van der Waals surface area contributed by atoms with Crippen molar-refractivity contribution in [2.24, 2.45) is 5.73 Å².